The van der Waals surface area contributed by atoms with Crippen molar-refractivity contribution in [3.63, 3.8) is 0 Å². The number of fused-ring (bicyclic) bond motifs is 1. The highest BCUT2D eigenvalue weighted by Crippen LogP contribution is 2.37. The zero-order chi connectivity index (χ0) is 17.0. The number of amides is 3. The first-order valence-electron chi connectivity index (χ1n) is 7.99. The number of hydrogen-bond acceptors (Lipinski definition) is 4. The number of thiophene rings is 1. The van der Waals surface area contributed by atoms with E-state index in [0.29, 0.717) is 23.7 Å². The standard InChI is InChI=1S/C16H23N3O3S/c1-3-19(4-2)13(21)9-12(20)18-16-14(15(17)22)10-7-5-6-8-11(10)23-16/h3-9H2,1-2H3,(H2,17,22)(H,18,20). The van der Waals surface area contributed by atoms with Crippen molar-refractivity contribution < 1.29 is 14.4 Å². The number of carbonyl (C=O) groups is 3. The number of rotatable bonds is 6. The first kappa shape index (κ1) is 17.5. The fraction of sp³-hybridized carbons (Fsp3) is 0.562. The second-order valence-corrected chi connectivity index (χ2v) is 6.68. The minimum Gasteiger partial charge on any atom is -0.365 e. The van der Waals surface area contributed by atoms with Crippen LogP contribution < -0.4 is 11.1 Å². The van der Waals surface area contributed by atoms with Gasteiger partial charge in [-0.1, -0.05) is 0 Å². The number of anilines is 1. The van der Waals surface area contributed by atoms with Crippen molar-refractivity contribution in [2.75, 3.05) is 18.4 Å². The molecule has 23 heavy (non-hydrogen) atoms. The Morgan fingerprint density at radius 3 is 2.43 bits per heavy atom. The zero-order valence-corrected chi connectivity index (χ0v) is 14.4. The van der Waals surface area contributed by atoms with Gasteiger partial charge in [-0.05, 0) is 45.1 Å². The van der Waals surface area contributed by atoms with Gasteiger partial charge in [-0.25, -0.2) is 0 Å². The van der Waals surface area contributed by atoms with E-state index in [2.05, 4.69) is 5.32 Å². The minimum atomic E-state index is -0.519. The van der Waals surface area contributed by atoms with Crippen molar-refractivity contribution in [1.82, 2.24) is 4.90 Å². The quantitative estimate of drug-likeness (QED) is 0.777. The van der Waals surface area contributed by atoms with E-state index in [1.165, 1.54) is 11.3 Å². The molecule has 0 unspecified atom stereocenters. The second kappa shape index (κ2) is 7.59. The van der Waals surface area contributed by atoms with Crippen molar-refractivity contribution in [2.45, 2.75) is 46.0 Å². The van der Waals surface area contributed by atoms with Crippen LogP contribution in [0.25, 0.3) is 0 Å². The first-order chi connectivity index (χ1) is 11.0. The van der Waals surface area contributed by atoms with E-state index in [-0.39, 0.29) is 12.3 Å². The summed E-state index contributed by atoms with van der Waals surface area (Å²) in [5.74, 6) is -1.13. The van der Waals surface area contributed by atoms with Gasteiger partial charge in [0, 0.05) is 18.0 Å². The van der Waals surface area contributed by atoms with Crippen LogP contribution in [0.2, 0.25) is 0 Å². The predicted octanol–water partition coefficient (Wildman–Crippen LogP) is 1.92. The zero-order valence-electron chi connectivity index (χ0n) is 13.6. The number of nitrogens with one attached hydrogen (secondary N) is 1. The Morgan fingerprint density at radius 2 is 1.83 bits per heavy atom. The monoisotopic (exact) mass is 337 g/mol. The Bertz CT molecular complexity index is 620. The Balaban J connectivity index is 2.13. The van der Waals surface area contributed by atoms with Crippen LogP contribution >= 0.6 is 11.3 Å². The summed E-state index contributed by atoms with van der Waals surface area (Å²) >= 11 is 1.41. The number of nitrogens with zero attached hydrogens (tertiary/aromatic N) is 1. The van der Waals surface area contributed by atoms with E-state index in [4.69, 9.17) is 5.73 Å². The summed E-state index contributed by atoms with van der Waals surface area (Å²) < 4.78 is 0. The summed E-state index contributed by atoms with van der Waals surface area (Å²) in [7, 11) is 0. The van der Waals surface area contributed by atoms with E-state index in [9.17, 15) is 14.4 Å². The molecule has 0 aromatic carbocycles. The Kier molecular flexibility index (Phi) is 5.76. The van der Waals surface area contributed by atoms with Crippen LogP contribution in [0.4, 0.5) is 5.00 Å². The maximum Gasteiger partial charge on any atom is 0.251 e. The molecule has 0 aliphatic heterocycles. The van der Waals surface area contributed by atoms with Gasteiger partial charge in [0.1, 0.15) is 11.4 Å². The highest BCUT2D eigenvalue weighted by Gasteiger charge is 2.25. The molecule has 3 N–H and O–H groups in total. The number of primary amides is 1. The Morgan fingerprint density at radius 1 is 1.17 bits per heavy atom. The molecular weight excluding hydrogens is 314 g/mol. The van der Waals surface area contributed by atoms with Gasteiger partial charge >= 0.3 is 0 Å². The predicted molar refractivity (Wildman–Crippen MR) is 90.7 cm³/mol. The fourth-order valence-corrected chi connectivity index (χ4v) is 4.22. The Labute approximate surface area is 140 Å². The molecule has 2 rings (SSSR count). The van der Waals surface area contributed by atoms with E-state index in [1.807, 2.05) is 13.8 Å². The Hall–Kier alpha value is -1.89. The minimum absolute atomic E-state index is 0.213. The number of hydrogen-bond donors (Lipinski definition) is 2. The lowest BCUT2D eigenvalue weighted by Gasteiger charge is -2.18. The van der Waals surface area contributed by atoms with Crippen LogP contribution in [0.3, 0.4) is 0 Å². The maximum absolute atomic E-state index is 12.1. The molecule has 1 heterocycles. The highest BCUT2D eigenvalue weighted by atomic mass is 32.1. The SMILES string of the molecule is CCN(CC)C(=O)CC(=O)Nc1sc2c(c1C(N)=O)CCCC2. The van der Waals surface area contributed by atoms with Gasteiger partial charge in [-0.15, -0.1) is 11.3 Å². The first-order valence-corrected chi connectivity index (χ1v) is 8.81. The van der Waals surface area contributed by atoms with Crippen LogP contribution in [0.15, 0.2) is 0 Å². The lowest BCUT2D eigenvalue weighted by atomic mass is 9.95. The van der Waals surface area contributed by atoms with Gasteiger partial charge in [-0.3, -0.25) is 14.4 Å². The van der Waals surface area contributed by atoms with E-state index >= 15 is 0 Å². The number of carbonyl (C=O) groups excluding carboxylic acids is 3. The summed E-state index contributed by atoms with van der Waals surface area (Å²) in [5.41, 5.74) is 6.89. The van der Waals surface area contributed by atoms with E-state index in [1.54, 1.807) is 4.90 Å². The number of nitrogens with two attached hydrogens (primary N) is 1. The summed E-state index contributed by atoms with van der Waals surface area (Å²) in [6, 6.07) is 0. The second-order valence-electron chi connectivity index (χ2n) is 5.57. The van der Waals surface area contributed by atoms with Crippen LogP contribution in [0.1, 0.15) is 53.9 Å². The third-order valence-corrected chi connectivity index (χ3v) is 5.31. The van der Waals surface area contributed by atoms with Crippen LogP contribution in [-0.2, 0) is 22.4 Å². The van der Waals surface area contributed by atoms with E-state index < -0.39 is 11.8 Å². The average Bonchev–Trinajstić information content (AvgIpc) is 2.85. The van der Waals surface area contributed by atoms with Crippen LogP contribution in [0, 0.1) is 0 Å². The molecule has 3 amide bonds. The molecule has 0 saturated carbocycles. The third kappa shape index (κ3) is 3.90. The molecule has 1 aromatic heterocycles. The average molecular weight is 337 g/mol. The molecule has 1 aliphatic rings. The summed E-state index contributed by atoms with van der Waals surface area (Å²) in [6.45, 7) is 4.89. The lowest BCUT2D eigenvalue weighted by Crippen LogP contribution is -2.33. The van der Waals surface area contributed by atoms with Gasteiger partial charge in [-0.2, -0.15) is 0 Å². The summed E-state index contributed by atoms with van der Waals surface area (Å²) in [6.07, 6.45) is 3.62. The molecule has 6 nitrogen and oxygen atoms in total. The van der Waals surface area contributed by atoms with Crippen molar-refractivity contribution in [3.05, 3.63) is 16.0 Å². The topological polar surface area (TPSA) is 92.5 Å². The molecule has 1 aliphatic carbocycles. The third-order valence-electron chi connectivity index (χ3n) is 4.10. The molecule has 0 saturated heterocycles. The lowest BCUT2D eigenvalue weighted by molar-refractivity contribution is -0.134. The molecular formula is C16H23N3O3S. The van der Waals surface area contributed by atoms with Gasteiger partial charge < -0.3 is 16.0 Å². The van der Waals surface area contributed by atoms with Crippen molar-refractivity contribution in [2.24, 2.45) is 5.73 Å². The van der Waals surface area contributed by atoms with Gasteiger partial charge in [0.15, 0.2) is 0 Å². The summed E-state index contributed by atoms with van der Waals surface area (Å²) in [5, 5.41) is 3.20. The smallest absolute Gasteiger partial charge is 0.251 e. The molecule has 126 valence electrons. The molecule has 1 aromatic rings. The molecule has 0 fully saturated rings. The maximum atomic E-state index is 12.1. The molecule has 0 spiro atoms. The highest BCUT2D eigenvalue weighted by molar-refractivity contribution is 7.17. The summed E-state index contributed by atoms with van der Waals surface area (Å²) in [4.78, 5) is 38.6. The largest absolute Gasteiger partial charge is 0.365 e. The van der Waals surface area contributed by atoms with Gasteiger partial charge in [0.25, 0.3) is 5.91 Å². The van der Waals surface area contributed by atoms with Crippen LogP contribution in [0.5, 0.6) is 0 Å². The number of aryl methyl sites for hydroxylation is 1. The molecule has 0 bridgehead atoms. The van der Waals surface area contributed by atoms with Crippen molar-refractivity contribution in [3.8, 4) is 0 Å². The van der Waals surface area contributed by atoms with E-state index in [0.717, 1.165) is 36.1 Å². The fourth-order valence-electron chi connectivity index (χ4n) is 2.91. The molecule has 0 atom stereocenters. The van der Waals surface area contributed by atoms with Crippen molar-refractivity contribution >= 4 is 34.1 Å². The van der Waals surface area contributed by atoms with Crippen LogP contribution in [-0.4, -0.2) is 35.7 Å². The molecule has 0 radical (unpaired) electrons. The van der Waals surface area contributed by atoms with Gasteiger partial charge in [0.05, 0.1) is 5.56 Å². The molecule has 7 heteroatoms. The normalized spacial score (nSPS) is 13.3. The van der Waals surface area contributed by atoms with Gasteiger partial charge in [0.2, 0.25) is 11.8 Å². The van der Waals surface area contributed by atoms with Crippen molar-refractivity contribution in [1.29, 1.82) is 0 Å².